The molecule has 1 heterocycles. The van der Waals surface area contributed by atoms with Crippen molar-refractivity contribution in [2.45, 2.75) is 20.8 Å². The summed E-state index contributed by atoms with van der Waals surface area (Å²) >= 11 is 0. The monoisotopic (exact) mass is 377 g/mol. The Labute approximate surface area is 162 Å². The van der Waals surface area contributed by atoms with Gasteiger partial charge in [-0.15, -0.1) is 0 Å². The second-order valence-electron chi connectivity index (χ2n) is 5.86. The van der Waals surface area contributed by atoms with Gasteiger partial charge in [0.15, 0.2) is 6.61 Å². The maximum absolute atomic E-state index is 12.8. The van der Waals surface area contributed by atoms with Gasteiger partial charge in [0, 0.05) is 5.69 Å². The summed E-state index contributed by atoms with van der Waals surface area (Å²) in [6.07, 6.45) is 1.45. The summed E-state index contributed by atoms with van der Waals surface area (Å²) in [5.41, 5.74) is 1.99. The fourth-order valence-electron chi connectivity index (χ4n) is 2.71. The molecule has 2 aromatic rings. The van der Waals surface area contributed by atoms with E-state index in [1.54, 1.807) is 45.0 Å². The van der Waals surface area contributed by atoms with Crippen molar-refractivity contribution in [2.24, 2.45) is 0 Å². The van der Waals surface area contributed by atoms with Crippen molar-refractivity contribution in [1.29, 1.82) is 10.5 Å². The lowest BCUT2D eigenvalue weighted by molar-refractivity contribution is 0.0525. The molecule has 142 valence electrons. The summed E-state index contributed by atoms with van der Waals surface area (Å²) in [5, 5.41) is 18.0. The molecule has 0 bridgehead atoms. The minimum atomic E-state index is -0.511. The van der Waals surface area contributed by atoms with Crippen LogP contribution >= 0.6 is 0 Å². The number of hydrogen-bond acceptors (Lipinski definition) is 6. The van der Waals surface area contributed by atoms with Crippen molar-refractivity contribution >= 4 is 17.8 Å². The topological polar surface area (TPSA) is 116 Å². The second-order valence-corrected chi connectivity index (χ2v) is 5.86. The van der Waals surface area contributed by atoms with Gasteiger partial charge in [-0.2, -0.15) is 10.5 Å². The molecule has 1 N–H and O–H groups in total. The standard InChI is InChI=1S/C21H19N3O4/c1-4-27-21(26)18-13(2)19(24-14(18)3)20(25)16(12-23)11-15-5-7-17(8-6-15)28-10-9-22/h5-8,11,24H,4,10H2,1-3H3/b16-11+. The minimum Gasteiger partial charge on any atom is -0.479 e. The molecule has 7 heteroatoms. The first-order chi connectivity index (χ1) is 13.4. The van der Waals surface area contributed by atoms with Crippen LogP contribution in [-0.2, 0) is 4.74 Å². The van der Waals surface area contributed by atoms with Gasteiger partial charge in [-0.25, -0.2) is 4.79 Å². The van der Waals surface area contributed by atoms with Gasteiger partial charge >= 0.3 is 5.97 Å². The SMILES string of the molecule is CCOC(=O)c1c(C)[nH]c(C(=O)/C(C#N)=C/c2ccc(OCC#N)cc2)c1C. The Morgan fingerprint density at radius 2 is 1.86 bits per heavy atom. The van der Waals surface area contributed by atoms with Crippen LogP contribution in [0.4, 0.5) is 0 Å². The second kappa shape index (κ2) is 9.20. The third kappa shape index (κ3) is 4.46. The number of nitrogens with zero attached hydrogens (tertiary/aromatic N) is 2. The molecule has 0 aliphatic carbocycles. The van der Waals surface area contributed by atoms with E-state index in [0.717, 1.165) is 0 Å². The van der Waals surface area contributed by atoms with E-state index < -0.39 is 11.8 Å². The molecular formula is C21H19N3O4. The van der Waals surface area contributed by atoms with Crippen molar-refractivity contribution in [1.82, 2.24) is 4.98 Å². The third-order valence-corrected chi connectivity index (χ3v) is 4.00. The van der Waals surface area contributed by atoms with Crippen molar-refractivity contribution in [3.8, 4) is 17.9 Å². The lowest BCUT2D eigenvalue weighted by Gasteiger charge is -2.03. The van der Waals surface area contributed by atoms with Gasteiger partial charge in [0.2, 0.25) is 5.78 Å². The van der Waals surface area contributed by atoms with Crippen molar-refractivity contribution < 1.29 is 19.1 Å². The van der Waals surface area contributed by atoms with Crippen molar-refractivity contribution in [2.75, 3.05) is 13.2 Å². The molecule has 0 amide bonds. The predicted octanol–water partition coefficient (Wildman–Crippen LogP) is 3.50. The average Bonchev–Trinajstić information content (AvgIpc) is 2.99. The molecule has 0 atom stereocenters. The Balaban J connectivity index is 2.33. The number of H-pyrrole nitrogens is 1. The van der Waals surface area contributed by atoms with Crippen LogP contribution in [0.3, 0.4) is 0 Å². The number of Topliss-reactive ketones (excluding diaryl/α,β-unsaturated/α-hetero) is 1. The molecule has 0 spiro atoms. The number of rotatable bonds is 7. The summed E-state index contributed by atoms with van der Waals surface area (Å²) in [7, 11) is 0. The van der Waals surface area contributed by atoms with Crippen molar-refractivity contribution in [3.63, 3.8) is 0 Å². The molecule has 0 aliphatic rings. The van der Waals surface area contributed by atoms with Crippen LogP contribution in [0.15, 0.2) is 29.8 Å². The van der Waals surface area contributed by atoms with Gasteiger partial charge in [0.05, 0.1) is 17.9 Å². The number of nitrogens with one attached hydrogen (secondary N) is 1. The van der Waals surface area contributed by atoms with Gasteiger partial charge in [-0.3, -0.25) is 4.79 Å². The molecule has 0 saturated heterocycles. The van der Waals surface area contributed by atoms with Crippen LogP contribution in [0, 0.1) is 36.5 Å². The number of carbonyl (C=O) groups excluding carboxylic acids is 2. The lowest BCUT2D eigenvalue weighted by Crippen LogP contribution is -2.08. The molecule has 0 aliphatic heterocycles. The Hall–Kier alpha value is -3.84. The number of ketones is 1. The first-order valence-corrected chi connectivity index (χ1v) is 8.55. The molecule has 1 aromatic carbocycles. The fourth-order valence-corrected chi connectivity index (χ4v) is 2.71. The zero-order valence-corrected chi connectivity index (χ0v) is 15.8. The molecule has 0 saturated carbocycles. The van der Waals surface area contributed by atoms with Gasteiger partial charge in [-0.1, -0.05) is 12.1 Å². The third-order valence-electron chi connectivity index (χ3n) is 4.00. The Bertz CT molecular complexity index is 1000. The predicted molar refractivity (Wildman–Crippen MR) is 102 cm³/mol. The molecule has 7 nitrogen and oxygen atoms in total. The number of hydrogen-bond donors (Lipinski definition) is 1. The van der Waals surface area contributed by atoms with Crippen LogP contribution in [0.1, 0.15) is 44.6 Å². The number of aromatic nitrogens is 1. The number of aromatic amines is 1. The van der Waals surface area contributed by atoms with E-state index in [1.807, 2.05) is 12.1 Å². The number of ether oxygens (including phenoxy) is 2. The van der Waals surface area contributed by atoms with E-state index in [-0.39, 0.29) is 24.5 Å². The van der Waals surface area contributed by atoms with Crippen molar-refractivity contribution in [3.05, 3.63) is 57.9 Å². The number of allylic oxidation sites excluding steroid dienone is 1. The van der Waals surface area contributed by atoms with Gasteiger partial charge in [0.25, 0.3) is 0 Å². The van der Waals surface area contributed by atoms with Crippen LogP contribution < -0.4 is 4.74 Å². The number of nitriles is 2. The van der Waals surface area contributed by atoms with E-state index in [4.69, 9.17) is 14.7 Å². The normalized spacial score (nSPS) is 10.7. The highest BCUT2D eigenvalue weighted by Gasteiger charge is 2.24. The van der Waals surface area contributed by atoms with E-state index in [2.05, 4.69) is 4.98 Å². The zero-order valence-electron chi connectivity index (χ0n) is 15.8. The molecule has 2 rings (SSSR count). The van der Waals surface area contributed by atoms with E-state index >= 15 is 0 Å². The average molecular weight is 377 g/mol. The summed E-state index contributed by atoms with van der Waals surface area (Å²) in [6.45, 7) is 5.18. The molecule has 0 unspecified atom stereocenters. The highest BCUT2D eigenvalue weighted by molar-refractivity contribution is 6.15. The highest BCUT2D eigenvalue weighted by atomic mass is 16.5. The highest BCUT2D eigenvalue weighted by Crippen LogP contribution is 2.23. The van der Waals surface area contributed by atoms with E-state index in [0.29, 0.717) is 28.1 Å². The van der Waals surface area contributed by atoms with Crippen LogP contribution in [0.25, 0.3) is 6.08 Å². The molecule has 0 fully saturated rings. The maximum Gasteiger partial charge on any atom is 0.340 e. The van der Waals surface area contributed by atoms with E-state index in [1.165, 1.54) is 6.08 Å². The molecule has 0 radical (unpaired) electrons. The van der Waals surface area contributed by atoms with Gasteiger partial charge < -0.3 is 14.5 Å². The molecule has 28 heavy (non-hydrogen) atoms. The van der Waals surface area contributed by atoms with Gasteiger partial charge in [-0.05, 0) is 50.1 Å². The minimum absolute atomic E-state index is 0.0641. The van der Waals surface area contributed by atoms with Gasteiger partial charge in [0.1, 0.15) is 23.5 Å². The lowest BCUT2D eigenvalue weighted by atomic mass is 10.0. The molecular weight excluding hydrogens is 358 g/mol. The number of benzene rings is 1. The maximum atomic E-state index is 12.8. The summed E-state index contributed by atoms with van der Waals surface area (Å²) < 4.78 is 10.2. The summed E-state index contributed by atoms with van der Waals surface area (Å²) in [5.74, 6) is -0.509. The largest absolute Gasteiger partial charge is 0.479 e. The Kier molecular flexibility index (Phi) is 6.73. The zero-order chi connectivity index (χ0) is 20.7. The van der Waals surface area contributed by atoms with Crippen LogP contribution in [0.5, 0.6) is 5.75 Å². The first kappa shape index (κ1) is 20.5. The first-order valence-electron chi connectivity index (χ1n) is 8.55. The number of aryl methyl sites for hydroxylation is 1. The van der Waals surface area contributed by atoms with Crippen LogP contribution in [0.2, 0.25) is 0 Å². The smallest absolute Gasteiger partial charge is 0.340 e. The van der Waals surface area contributed by atoms with E-state index in [9.17, 15) is 14.9 Å². The Morgan fingerprint density at radius 3 is 2.43 bits per heavy atom. The number of carbonyl (C=O) groups is 2. The Morgan fingerprint density at radius 1 is 1.18 bits per heavy atom. The fraction of sp³-hybridized carbons (Fsp3) is 0.238. The summed E-state index contributed by atoms with van der Waals surface area (Å²) in [4.78, 5) is 27.8. The quantitative estimate of drug-likeness (QED) is 0.342. The number of esters is 1. The summed E-state index contributed by atoms with van der Waals surface area (Å²) in [6, 6.07) is 10.4. The van der Waals surface area contributed by atoms with Crippen LogP contribution in [-0.4, -0.2) is 30.0 Å². The molecule has 1 aromatic heterocycles.